The molecule has 0 aliphatic heterocycles. The molecule has 0 radical (unpaired) electrons. The summed E-state index contributed by atoms with van der Waals surface area (Å²) in [7, 11) is 1.95. The van der Waals surface area contributed by atoms with E-state index >= 15 is 0 Å². The average Bonchev–Trinajstić information content (AvgIpc) is 2.49. The Morgan fingerprint density at radius 2 is 1.59 bits per heavy atom. The molecule has 2 nitrogen and oxygen atoms in total. The van der Waals surface area contributed by atoms with E-state index in [0.717, 1.165) is 49.8 Å². The van der Waals surface area contributed by atoms with Crippen LogP contribution in [0.15, 0.2) is 24.3 Å². The lowest BCUT2D eigenvalue weighted by molar-refractivity contribution is -0.137. The van der Waals surface area contributed by atoms with Crippen LogP contribution in [0.2, 0.25) is 6.04 Å². The maximum Gasteiger partial charge on any atom is 0.416 e. The van der Waals surface area contributed by atoms with Crippen molar-refractivity contribution >= 4 is 9.28 Å². The summed E-state index contributed by atoms with van der Waals surface area (Å²) in [5.74, 6) is 0. The Hall–Kier alpha value is -0.853. The summed E-state index contributed by atoms with van der Waals surface area (Å²) >= 11 is 0. The first-order valence-corrected chi connectivity index (χ1v) is 9.45. The van der Waals surface area contributed by atoms with E-state index in [1.165, 1.54) is 12.1 Å². The summed E-state index contributed by atoms with van der Waals surface area (Å²) in [6.07, 6.45) is 1.75. The summed E-state index contributed by atoms with van der Waals surface area (Å²) in [4.78, 5) is 0. The molecule has 1 aromatic rings. The van der Waals surface area contributed by atoms with E-state index in [0.29, 0.717) is 6.42 Å². The molecule has 0 aliphatic carbocycles. The van der Waals surface area contributed by atoms with Gasteiger partial charge in [0.05, 0.1) is 5.56 Å². The fraction of sp³-hybridized carbons (Fsp3) is 0.625. The standard InChI is InChI=1S/C16H25F3O2Si/c1-20-22(21-2)12-7-5-3-4-6-9-14-10-8-11-15(13-14)16(17,18)19/h8,10-11,13,22H,3-7,9,12H2,1-2H3. The van der Waals surface area contributed by atoms with Crippen molar-refractivity contribution in [2.75, 3.05) is 14.2 Å². The third-order valence-electron chi connectivity index (χ3n) is 3.69. The van der Waals surface area contributed by atoms with E-state index in [2.05, 4.69) is 0 Å². The molecular formula is C16H25F3O2Si. The topological polar surface area (TPSA) is 18.5 Å². The van der Waals surface area contributed by atoms with Gasteiger partial charge in [-0.2, -0.15) is 13.2 Å². The molecule has 0 heterocycles. The number of rotatable bonds is 10. The van der Waals surface area contributed by atoms with Crippen molar-refractivity contribution in [1.29, 1.82) is 0 Å². The maximum absolute atomic E-state index is 12.6. The zero-order valence-electron chi connectivity index (χ0n) is 13.3. The third-order valence-corrected chi connectivity index (χ3v) is 5.62. The van der Waals surface area contributed by atoms with E-state index in [4.69, 9.17) is 8.85 Å². The van der Waals surface area contributed by atoms with Crippen LogP contribution in [-0.4, -0.2) is 23.5 Å². The van der Waals surface area contributed by atoms with Gasteiger partial charge in [0.2, 0.25) is 0 Å². The summed E-state index contributed by atoms with van der Waals surface area (Å²) in [5, 5.41) is 0. The fourth-order valence-electron chi connectivity index (χ4n) is 2.41. The van der Waals surface area contributed by atoms with Gasteiger partial charge >= 0.3 is 15.5 Å². The smallest absolute Gasteiger partial charge is 0.400 e. The van der Waals surface area contributed by atoms with Gasteiger partial charge in [-0.3, -0.25) is 0 Å². The van der Waals surface area contributed by atoms with Gasteiger partial charge < -0.3 is 8.85 Å². The number of hydrogen-bond acceptors (Lipinski definition) is 2. The van der Waals surface area contributed by atoms with Crippen molar-refractivity contribution in [2.45, 2.75) is 50.7 Å². The third kappa shape index (κ3) is 7.42. The number of benzene rings is 1. The Kier molecular flexibility index (Phi) is 8.74. The molecule has 0 fully saturated rings. The lowest BCUT2D eigenvalue weighted by Gasteiger charge is -2.10. The molecule has 126 valence electrons. The van der Waals surface area contributed by atoms with Gasteiger partial charge in [-0.05, 0) is 30.5 Å². The monoisotopic (exact) mass is 334 g/mol. The molecule has 0 unspecified atom stereocenters. The Morgan fingerprint density at radius 1 is 0.955 bits per heavy atom. The van der Waals surface area contributed by atoms with Crippen LogP contribution < -0.4 is 0 Å². The average molecular weight is 334 g/mol. The van der Waals surface area contributed by atoms with Gasteiger partial charge in [0.15, 0.2) is 0 Å². The first kappa shape index (κ1) is 19.2. The van der Waals surface area contributed by atoms with Crippen LogP contribution in [0.25, 0.3) is 0 Å². The Balaban J connectivity index is 2.17. The van der Waals surface area contributed by atoms with E-state index in [1.807, 2.05) is 0 Å². The Labute approximate surface area is 132 Å². The summed E-state index contributed by atoms with van der Waals surface area (Å²) in [6, 6.07) is 6.64. The van der Waals surface area contributed by atoms with E-state index < -0.39 is 21.0 Å². The summed E-state index contributed by atoms with van der Waals surface area (Å²) < 4.78 is 48.3. The lowest BCUT2D eigenvalue weighted by atomic mass is 10.0. The molecular weight excluding hydrogens is 309 g/mol. The summed E-state index contributed by atoms with van der Waals surface area (Å²) in [6.45, 7) is 0. The molecule has 22 heavy (non-hydrogen) atoms. The van der Waals surface area contributed by atoms with Crippen LogP contribution >= 0.6 is 0 Å². The normalized spacial score (nSPS) is 12.1. The maximum atomic E-state index is 12.6. The SMILES string of the molecule is CO[SiH](CCCCCCCc1cccc(C(F)(F)F)c1)OC. The zero-order chi connectivity index (χ0) is 16.4. The molecule has 1 aromatic carbocycles. The molecule has 0 N–H and O–H groups in total. The number of alkyl halides is 3. The van der Waals surface area contributed by atoms with Crippen LogP contribution in [0.5, 0.6) is 0 Å². The highest BCUT2D eigenvalue weighted by atomic mass is 28.3. The minimum atomic E-state index is -4.25. The van der Waals surface area contributed by atoms with Gasteiger partial charge in [0, 0.05) is 14.2 Å². The predicted octanol–water partition coefficient (Wildman–Crippen LogP) is 4.71. The predicted molar refractivity (Wildman–Crippen MR) is 84.2 cm³/mol. The quantitative estimate of drug-likeness (QED) is 0.456. The second kappa shape index (κ2) is 10.0. The number of unbranched alkanes of at least 4 members (excludes halogenated alkanes) is 4. The van der Waals surface area contributed by atoms with Crippen LogP contribution in [0, 0.1) is 0 Å². The van der Waals surface area contributed by atoms with E-state index in [9.17, 15) is 13.2 Å². The Bertz CT molecular complexity index is 420. The molecule has 0 saturated carbocycles. The van der Waals surface area contributed by atoms with Gasteiger partial charge in [-0.1, -0.05) is 43.9 Å². The molecule has 0 aliphatic rings. The van der Waals surface area contributed by atoms with Gasteiger partial charge in [0.1, 0.15) is 0 Å². The first-order chi connectivity index (χ1) is 10.5. The fourth-order valence-corrected chi connectivity index (χ4v) is 3.69. The van der Waals surface area contributed by atoms with Crippen molar-refractivity contribution in [3.05, 3.63) is 35.4 Å². The second-order valence-corrected chi connectivity index (χ2v) is 7.78. The van der Waals surface area contributed by atoms with E-state index in [1.54, 1.807) is 20.3 Å². The Morgan fingerprint density at radius 3 is 2.23 bits per heavy atom. The number of aryl methyl sites for hydroxylation is 1. The van der Waals surface area contributed by atoms with Crippen molar-refractivity contribution < 1.29 is 22.0 Å². The second-order valence-electron chi connectivity index (χ2n) is 5.41. The van der Waals surface area contributed by atoms with Crippen LogP contribution in [0.1, 0.15) is 43.2 Å². The van der Waals surface area contributed by atoms with Crippen LogP contribution in [-0.2, 0) is 21.4 Å². The molecule has 0 atom stereocenters. The highest BCUT2D eigenvalue weighted by molar-refractivity contribution is 6.44. The molecule has 6 heteroatoms. The largest absolute Gasteiger partial charge is 0.416 e. The molecule has 1 rings (SSSR count). The lowest BCUT2D eigenvalue weighted by Crippen LogP contribution is -2.18. The highest BCUT2D eigenvalue weighted by Crippen LogP contribution is 2.29. The van der Waals surface area contributed by atoms with Crippen LogP contribution in [0.3, 0.4) is 0 Å². The minimum Gasteiger partial charge on any atom is -0.400 e. The van der Waals surface area contributed by atoms with Gasteiger partial charge in [-0.25, -0.2) is 0 Å². The van der Waals surface area contributed by atoms with Crippen molar-refractivity contribution in [1.82, 2.24) is 0 Å². The molecule has 0 aromatic heterocycles. The van der Waals surface area contributed by atoms with Crippen LogP contribution in [0.4, 0.5) is 13.2 Å². The van der Waals surface area contributed by atoms with E-state index in [-0.39, 0.29) is 0 Å². The first-order valence-electron chi connectivity index (χ1n) is 7.69. The van der Waals surface area contributed by atoms with Crippen molar-refractivity contribution in [3.63, 3.8) is 0 Å². The molecule has 0 spiro atoms. The van der Waals surface area contributed by atoms with Gasteiger partial charge in [0.25, 0.3) is 0 Å². The van der Waals surface area contributed by atoms with Crippen molar-refractivity contribution in [3.8, 4) is 0 Å². The number of halogens is 3. The van der Waals surface area contributed by atoms with Crippen molar-refractivity contribution in [2.24, 2.45) is 0 Å². The zero-order valence-corrected chi connectivity index (χ0v) is 14.4. The molecule has 0 saturated heterocycles. The number of hydrogen-bond donors (Lipinski definition) is 0. The van der Waals surface area contributed by atoms with Gasteiger partial charge in [-0.15, -0.1) is 0 Å². The summed E-state index contributed by atoms with van der Waals surface area (Å²) in [5.41, 5.74) is 0.209. The highest BCUT2D eigenvalue weighted by Gasteiger charge is 2.30. The minimum absolute atomic E-state index is 0.555. The molecule has 0 amide bonds. The molecule has 0 bridgehead atoms.